The van der Waals surface area contributed by atoms with Crippen LogP contribution in [0.2, 0.25) is 0 Å². The van der Waals surface area contributed by atoms with E-state index >= 15 is 0 Å². The third kappa shape index (κ3) is 5.33. The van der Waals surface area contributed by atoms with E-state index in [1.54, 1.807) is 17.8 Å². The van der Waals surface area contributed by atoms with E-state index < -0.39 is 0 Å². The van der Waals surface area contributed by atoms with Crippen LogP contribution < -0.4 is 15.6 Å². The molecule has 5 aromatic rings. The summed E-state index contributed by atoms with van der Waals surface area (Å²) in [5.74, 6) is 0.758. The number of rotatable bonds is 9. The Morgan fingerprint density at radius 3 is 2.65 bits per heavy atom. The zero-order chi connectivity index (χ0) is 25.8. The summed E-state index contributed by atoms with van der Waals surface area (Å²) in [6.07, 6.45) is 1.64. The first kappa shape index (κ1) is 24.9. The van der Waals surface area contributed by atoms with Crippen molar-refractivity contribution in [1.82, 2.24) is 18.9 Å². The summed E-state index contributed by atoms with van der Waals surface area (Å²) < 4.78 is 11.0. The van der Waals surface area contributed by atoms with Crippen molar-refractivity contribution in [3.05, 3.63) is 83.0 Å². The predicted molar refractivity (Wildman–Crippen MR) is 151 cm³/mol. The Hall–Kier alpha value is -3.80. The quantitative estimate of drug-likeness (QED) is 0.146. The van der Waals surface area contributed by atoms with E-state index in [9.17, 15) is 9.59 Å². The lowest BCUT2D eigenvalue weighted by Gasteiger charge is -2.10. The summed E-state index contributed by atoms with van der Waals surface area (Å²) in [4.78, 5) is 35.9. The smallest absolute Gasteiger partial charge is 0.263 e. The summed E-state index contributed by atoms with van der Waals surface area (Å²) >= 11 is 3.80. The highest BCUT2D eigenvalue weighted by Crippen LogP contribution is 2.33. The summed E-state index contributed by atoms with van der Waals surface area (Å²) in [6, 6.07) is 17.2. The molecule has 0 aliphatic heterocycles. The summed E-state index contributed by atoms with van der Waals surface area (Å²) in [6.45, 7) is 4.06. The van der Waals surface area contributed by atoms with Crippen molar-refractivity contribution in [1.29, 1.82) is 0 Å². The van der Waals surface area contributed by atoms with Crippen LogP contribution in [-0.2, 0) is 11.3 Å². The second-order valence-corrected chi connectivity index (χ2v) is 10.3. The Kier molecular flexibility index (Phi) is 7.45. The van der Waals surface area contributed by atoms with Gasteiger partial charge in [0.1, 0.15) is 15.6 Å². The predicted octanol–water partition coefficient (Wildman–Crippen LogP) is 5.57. The Morgan fingerprint density at radius 1 is 1.14 bits per heavy atom. The lowest BCUT2D eigenvalue weighted by molar-refractivity contribution is -0.113. The molecule has 186 valence electrons. The summed E-state index contributed by atoms with van der Waals surface area (Å²) in [5, 5.41) is 6.38. The molecule has 8 nitrogen and oxygen atoms in total. The van der Waals surface area contributed by atoms with Gasteiger partial charge in [-0.25, -0.2) is 4.98 Å². The molecule has 3 aromatic heterocycles. The molecule has 0 spiro atoms. The molecule has 0 saturated carbocycles. The van der Waals surface area contributed by atoms with Crippen LogP contribution in [0.5, 0.6) is 5.75 Å². The average Bonchev–Trinajstić information content (AvgIpc) is 3.57. The molecule has 1 N–H and O–H groups in total. The first-order chi connectivity index (χ1) is 18.1. The minimum absolute atomic E-state index is 0.0473. The number of anilines is 1. The molecular formula is C26H21N5O3S3. The Bertz CT molecular complexity index is 1630. The first-order valence-corrected chi connectivity index (χ1v) is 13.8. The maximum Gasteiger partial charge on any atom is 0.263 e. The van der Waals surface area contributed by atoms with Crippen LogP contribution >= 0.6 is 34.6 Å². The number of benzene rings is 2. The molecule has 37 heavy (non-hydrogen) atoms. The van der Waals surface area contributed by atoms with Gasteiger partial charge >= 0.3 is 0 Å². The van der Waals surface area contributed by atoms with Gasteiger partial charge < -0.3 is 4.74 Å². The number of aromatic nitrogens is 4. The largest absolute Gasteiger partial charge is 0.497 e. The number of thioether (sulfide) groups is 1. The maximum absolute atomic E-state index is 13.5. The van der Waals surface area contributed by atoms with Gasteiger partial charge in [-0.15, -0.1) is 17.9 Å². The van der Waals surface area contributed by atoms with Crippen molar-refractivity contribution in [3.8, 4) is 27.4 Å². The van der Waals surface area contributed by atoms with E-state index in [0.717, 1.165) is 27.4 Å². The van der Waals surface area contributed by atoms with Crippen molar-refractivity contribution in [2.45, 2.75) is 11.7 Å². The van der Waals surface area contributed by atoms with Gasteiger partial charge in [-0.05, 0) is 29.2 Å². The molecule has 0 bridgehead atoms. The van der Waals surface area contributed by atoms with E-state index in [0.29, 0.717) is 15.4 Å². The molecule has 11 heteroatoms. The van der Waals surface area contributed by atoms with Crippen molar-refractivity contribution >= 4 is 56.7 Å². The van der Waals surface area contributed by atoms with E-state index in [2.05, 4.69) is 21.3 Å². The van der Waals surface area contributed by atoms with Crippen molar-refractivity contribution in [2.24, 2.45) is 0 Å². The van der Waals surface area contributed by atoms with Crippen molar-refractivity contribution in [2.75, 3.05) is 18.2 Å². The van der Waals surface area contributed by atoms with Gasteiger partial charge in [-0.2, -0.15) is 9.36 Å². The second-order valence-electron chi connectivity index (χ2n) is 7.78. The molecule has 3 heterocycles. The number of carbonyl (C=O) groups is 1. The number of amides is 1. The lowest BCUT2D eigenvalue weighted by Crippen LogP contribution is -2.23. The highest BCUT2D eigenvalue weighted by Gasteiger charge is 2.18. The van der Waals surface area contributed by atoms with Crippen LogP contribution in [-0.4, -0.2) is 37.7 Å². The minimum Gasteiger partial charge on any atom is -0.497 e. The summed E-state index contributed by atoms with van der Waals surface area (Å²) in [7, 11) is 1.61. The van der Waals surface area contributed by atoms with Gasteiger partial charge in [0, 0.05) is 23.1 Å². The Morgan fingerprint density at radius 2 is 1.92 bits per heavy atom. The highest BCUT2D eigenvalue weighted by molar-refractivity contribution is 7.99. The van der Waals surface area contributed by atoms with E-state index in [1.165, 1.54) is 34.6 Å². The van der Waals surface area contributed by atoms with Gasteiger partial charge in [0.2, 0.25) is 11.9 Å². The first-order valence-electron chi connectivity index (χ1n) is 11.2. The molecule has 0 aliphatic carbocycles. The Balaban J connectivity index is 1.36. The van der Waals surface area contributed by atoms with Gasteiger partial charge in [0.05, 0.1) is 18.2 Å². The normalized spacial score (nSPS) is 10.9. The molecule has 0 saturated heterocycles. The summed E-state index contributed by atoms with van der Waals surface area (Å²) in [5.41, 5.74) is 2.48. The SMILES string of the molecule is C=CCn1c(SCC(=O)Nc2nsc(-c3ccccc3)n2)nc2scc(-c3ccc(OC)cc3)c2c1=O. The fourth-order valence-corrected chi connectivity index (χ4v) is 6.08. The van der Waals surface area contributed by atoms with Crippen LogP contribution in [0.3, 0.4) is 0 Å². The number of fused-ring (bicyclic) bond motifs is 1. The van der Waals surface area contributed by atoms with Gasteiger partial charge in [0.25, 0.3) is 5.56 Å². The average molecular weight is 548 g/mol. The molecule has 0 fully saturated rings. The number of thiophene rings is 1. The molecule has 1 amide bonds. The monoisotopic (exact) mass is 547 g/mol. The third-order valence-corrected chi connectivity index (χ3v) is 8.01. The number of hydrogen-bond acceptors (Lipinski definition) is 9. The third-order valence-electron chi connectivity index (χ3n) is 5.40. The number of allylic oxidation sites excluding steroid dienone is 1. The van der Waals surface area contributed by atoms with E-state index in [-0.39, 0.29) is 29.7 Å². The molecule has 0 atom stereocenters. The van der Waals surface area contributed by atoms with Crippen LogP contribution in [0.1, 0.15) is 0 Å². The van der Waals surface area contributed by atoms with Gasteiger partial charge in [-0.3, -0.25) is 19.5 Å². The molecule has 0 unspecified atom stereocenters. The van der Waals surface area contributed by atoms with Crippen molar-refractivity contribution in [3.63, 3.8) is 0 Å². The zero-order valence-electron chi connectivity index (χ0n) is 19.7. The standard InChI is InChI=1S/C26H21N5O3S3/c1-3-13-31-24(33)21-19(16-9-11-18(34-2)12-10-16)14-35-23(21)29-26(31)36-15-20(32)27-25-28-22(37-30-25)17-7-5-4-6-8-17/h3-12,14H,1,13,15H2,2H3,(H,27,30,32). The number of nitrogens with one attached hydrogen (secondary N) is 1. The van der Waals surface area contributed by atoms with Gasteiger partial charge in [0.15, 0.2) is 5.16 Å². The number of carbonyl (C=O) groups excluding carboxylic acids is 1. The number of hydrogen-bond donors (Lipinski definition) is 1. The molecule has 5 rings (SSSR count). The topological polar surface area (TPSA) is 99.0 Å². The molecule has 0 aliphatic rings. The fraction of sp³-hybridized carbons (Fsp3) is 0.115. The van der Waals surface area contributed by atoms with Crippen molar-refractivity contribution < 1.29 is 9.53 Å². The highest BCUT2D eigenvalue weighted by atomic mass is 32.2. The maximum atomic E-state index is 13.5. The molecule has 2 aromatic carbocycles. The van der Waals surface area contributed by atoms with Crippen LogP contribution in [0.4, 0.5) is 5.95 Å². The molecular weight excluding hydrogens is 527 g/mol. The van der Waals surface area contributed by atoms with E-state index in [1.807, 2.05) is 60.0 Å². The Labute approximate surface area is 224 Å². The number of ether oxygens (including phenoxy) is 1. The van der Waals surface area contributed by atoms with E-state index in [4.69, 9.17) is 9.72 Å². The lowest BCUT2D eigenvalue weighted by atomic mass is 10.1. The minimum atomic E-state index is -0.285. The van der Waals surface area contributed by atoms with Gasteiger partial charge in [-0.1, -0.05) is 60.3 Å². The number of nitrogens with zero attached hydrogens (tertiary/aromatic N) is 4. The van der Waals surface area contributed by atoms with Crippen LogP contribution in [0.25, 0.3) is 31.9 Å². The number of methoxy groups -OCH3 is 1. The van der Waals surface area contributed by atoms with Crippen LogP contribution in [0, 0.1) is 0 Å². The molecule has 0 radical (unpaired) electrons. The second kappa shape index (κ2) is 11.1. The fourth-order valence-electron chi connectivity index (χ4n) is 3.65. The zero-order valence-corrected chi connectivity index (χ0v) is 22.2. The van der Waals surface area contributed by atoms with Crippen LogP contribution in [0.15, 0.2) is 82.6 Å².